The van der Waals surface area contributed by atoms with Crippen LogP contribution < -0.4 is 14.9 Å². The molecule has 0 spiro atoms. The molecule has 0 unspecified atom stereocenters. The first kappa shape index (κ1) is 25.0. The highest BCUT2D eigenvalue weighted by Crippen LogP contribution is 2.24. The number of para-hydroxylation sites is 1. The maximum Gasteiger partial charge on any atom is 0.264 e. The average Bonchev–Trinajstić information content (AvgIpc) is 2.83. The lowest BCUT2D eigenvalue weighted by molar-refractivity contribution is -0.127. The predicted molar refractivity (Wildman–Crippen MR) is 134 cm³/mol. The molecule has 0 bridgehead atoms. The van der Waals surface area contributed by atoms with Gasteiger partial charge in [0.2, 0.25) is 11.8 Å². The summed E-state index contributed by atoms with van der Waals surface area (Å²) in [6.45, 7) is 3.67. The number of hydrogen-bond acceptors (Lipinski definition) is 4. The van der Waals surface area contributed by atoms with Crippen LogP contribution in [0.15, 0.2) is 89.8 Å². The van der Waals surface area contributed by atoms with Crippen molar-refractivity contribution in [2.45, 2.75) is 31.2 Å². The van der Waals surface area contributed by atoms with Gasteiger partial charge in [0.25, 0.3) is 10.0 Å². The van der Waals surface area contributed by atoms with Crippen LogP contribution in [-0.4, -0.2) is 33.3 Å². The zero-order chi connectivity index (χ0) is 24.7. The molecule has 3 rings (SSSR count). The highest BCUT2D eigenvalue weighted by molar-refractivity contribution is 7.92. The Bertz CT molecular complexity index is 1230. The summed E-state index contributed by atoms with van der Waals surface area (Å²) in [4.78, 5) is 25.5. The van der Waals surface area contributed by atoms with E-state index >= 15 is 0 Å². The lowest BCUT2D eigenvalue weighted by Crippen LogP contribution is -2.47. The van der Waals surface area contributed by atoms with Crippen molar-refractivity contribution in [3.63, 3.8) is 0 Å². The minimum Gasteiger partial charge on any atom is -0.344 e. The number of anilines is 2. The summed E-state index contributed by atoms with van der Waals surface area (Å²) < 4.78 is 27.4. The Hall–Kier alpha value is -3.65. The predicted octanol–water partition coefficient (Wildman–Crippen LogP) is 3.83. The van der Waals surface area contributed by atoms with Gasteiger partial charge in [-0.1, -0.05) is 68.4 Å². The fourth-order valence-corrected chi connectivity index (χ4v) is 4.67. The van der Waals surface area contributed by atoms with Gasteiger partial charge in [0.15, 0.2) is 0 Å². The van der Waals surface area contributed by atoms with E-state index < -0.39 is 22.0 Å². The Labute approximate surface area is 200 Å². The molecule has 0 aromatic heterocycles. The first-order valence-electron chi connectivity index (χ1n) is 11.0. The van der Waals surface area contributed by atoms with Crippen molar-refractivity contribution in [1.82, 2.24) is 5.32 Å². The van der Waals surface area contributed by atoms with Crippen LogP contribution in [0.25, 0.3) is 0 Å². The molecule has 178 valence electrons. The summed E-state index contributed by atoms with van der Waals surface area (Å²) in [7, 11) is -2.35. The first-order chi connectivity index (χ1) is 16.2. The fraction of sp³-hybridized carbons (Fsp3) is 0.231. The molecule has 3 aromatic rings. The topological polar surface area (TPSA) is 95.6 Å². The summed E-state index contributed by atoms with van der Waals surface area (Å²) >= 11 is 0. The molecule has 0 saturated heterocycles. The van der Waals surface area contributed by atoms with Crippen molar-refractivity contribution in [2.24, 2.45) is 5.92 Å². The zero-order valence-electron chi connectivity index (χ0n) is 19.4. The van der Waals surface area contributed by atoms with Gasteiger partial charge in [-0.3, -0.25) is 13.9 Å². The lowest BCUT2D eigenvalue weighted by atomic mass is 10.0. The van der Waals surface area contributed by atoms with Gasteiger partial charge in [0.05, 0.1) is 17.0 Å². The van der Waals surface area contributed by atoms with E-state index in [1.54, 1.807) is 36.4 Å². The minimum atomic E-state index is -3.83. The third-order valence-electron chi connectivity index (χ3n) is 5.35. The number of amides is 2. The molecule has 0 aliphatic carbocycles. The summed E-state index contributed by atoms with van der Waals surface area (Å²) in [5.74, 6) is -0.848. The Morgan fingerprint density at radius 2 is 1.50 bits per heavy atom. The number of carbonyl (C=O) groups is 2. The Morgan fingerprint density at radius 3 is 2.12 bits per heavy atom. The number of rotatable bonds is 9. The summed E-state index contributed by atoms with van der Waals surface area (Å²) in [6.07, 6.45) is 0.164. The third kappa shape index (κ3) is 6.23. The smallest absolute Gasteiger partial charge is 0.264 e. The van der Waals surface area contributed by atoms with E-state index in [1.807, 2.05) is 50.2 Å². The van der Waals surface area contributed by atoms with E-state index in [2.05, 4.69) is 10.6 Å². The van der Waals surface area contributed by atoms with E-state index in [9.17, 15) is 18.0 Å². The molecule has 0 radical (unpaired) electrons. The number of nitrogens with zero attached hydrogens (tertiary/aromatic N) is 1. The lowest BCUT2D eigenvalue weighted by Gasteiger charge is -2.22. The molecule has 2 N–H and O–H groups in total. The summed E-state index contributed by atoms with van der Waals surface area (Å²) in [6, 6.07) is 23.3. The molecule has 0 heterocycles. The van der Waals surface area contributed by atoms with Gasteiger partial charge < -0.3 is 10.6 Å². The number of benzene rings is 3. The van der Waals surface area contributed by atoms with Crippen LogP contribution >= 0.6 is 0 Å². The summed E-state index contributed by atoms with van der Waals surface area (Å²) in [5, 5.41) is 5.54. The number of sulfonamides is 1. The van der Waals surface area contributed by atoms with Crippen LogP contribution in [0.1, 0.15) is 19.4 Å². The molecule has 0 aliphatic rings. The van der Waals surface area contributed by atoms with Crippen molar-refractivity contribution in [2.75, 3.05) is 16.7 Å². The maximum absolute atomic E-state index is 13.1. The van der Waals surface area contributed by atoms with Crippen LogP contribution in [-0.2, 0) is 26.0 Å². The molecule has 8 heteroatoms. The number of nitrogens with one attached hydrogen (secondary N) is 2. The van der Waals surface area contributed by atoms with Crippen molar-refractivity contribution < 1.29 is 18.0 Å². The maximum atomic E-state index is 13.1. The normalized spacial score (nSPS) is 12.1. The van der Waals surface area contributed by atoms with Crippen LogP contribution in [0.2, 0.25) is 0 Å². The van der Waals surface area contributed by atoms with Gasteiger partial charge in [-0.25, -0.2) is 8.42 Å². The van der Waals surface area contributed by atoms with E-state index in [0.717, 1.165) is 5.56 Å². The molecule has 3 aromatic carbocycles. The second-order valence-corrected chi connectivity index (χ2v) is 10.2. The molecule has 2 amide bonds. The van der Waals surface area contributed by atoms with E-state index in [-0.39, 0.29) is 23.1 Å². The largest absolute Gasteiger partial charge is 0.344 e. The van der Waals surface area contributed by atoms with E-state index in [0.29, 0.717) is 11.4 Å². The van der Waals surface area contributed by atoms with Gasteiger partial charge in [-0.05, 0) is 41.8 Å². The highest BCUT2D eigenvalue weighted by atomic mass is 32.2. The van der Waals surface area contributed by atoms with Crippen molar-refractivity contribution >= 4 is 33.2 Å². The number of carbonyl (C=O) groups excluding carboxylic acids is 2. The molecule has 34 heavy (non-hydrogen) atoms. The molecular weight excluding hydrogens is 450 g/mol. The zero-order valence-corrected chi connectivity index (χ0v) is 20.2. The molecule has 0 aliphatic heterocycles. The highest BCUT2D eigenvalue weighted by Gasteiger charge is 2.26. The van der Waals surface area contributed by atoms with Gasteiger partial charge in [-0.2, -0.15) is 0 Å². The summed E-state index contributed by atoms with van der Waals surface area (Å²) in [5.41, 5.74) is 1.71. The molecule has 1 atom stereocenters. The molecule has 0 fully saturated rings. The SMILES string of the molecule is CC(C)[C@@H](NC(=O)Cc1ccccc1)C(=O)Nc1cccc(S(=O)(=O)N(C)c2ccccc2)c1. The van der Waals surface area contributed by atoms with Gasteiger partial charge >= 0.3 is 0 Å². The van der Waals surface area contributed by atoms with Crippen LogP contribution in [0, 0.1) is 5.92 Å². The minimum absolute atomic E-state index is 0.0471. The number of hydrogen-bond donors (Lipinski definition) is 2. The van der Waals surface area contributed by atoms with Gasteiger partial charge in [0.1, 0.15) is 6.04 Å². The molecular formula is C26H29N3O4S. The Kier molecular flexibility index (Phi) is 8.07. The van der Waals surface area contributed by atoms with Crippen molar-refractivity contribution in [3.8, 4) is 0 Å². The van der Waals surface area contributed by atoms with Crippen LogP contribution in [0.4, 0.5) is 11.4 Å². The quantitative estimate of drug-likeness (QED) is 0.488. The fourth-order valence-electron chi connectivity index (χ4n) is 3.43. The van der Waals surface area contributed by atoms with Crippen molar-refractivity contribution in [3.05, 3.63) is 90.5 Å². The average molecular weight is 480 g/mol. The van der Waals surface area contributed by atoms with Gasteiger partial charge in [0, 0.05) is 12.7 Å². The molecule has 7 nitrogen and oxygen atoms in total. The molecule has 0 saturated carbocycles. The van der Waals surface area contributed by atoms with E-state index in [1.165, 1.54) is 23.5 Å². The first-order valence-corrected chi connectivity index (χ1v) is 12.4. The second-order valence-electron chi connectivity index (χ2n) is 8.28. The van der Waals surface area contributed by atoms with Gasteiger partial charge in [-0.15, -0.1) is 0 Å². The third-order valence-corrected chi connectivity index (χ3v) is 7.13. The Balaban J connectivity index is 1.73. The van der Waals surface area contributed by atoms with Crippen LogP contribution in [0.5, 0.6) is 0 Å². The van der Waals surface area contributed by atoms with Crippen LogP contribution in [0.3, 0.4) is 0 Å². The monoisotopic (exact) mass is 479 g/mol. The second kappa shape index (κ2) is 11.0. The van der Waals surface area contributed by atoms with E-state index in [4.69, 9.17) is 0 Å². The Morgan fingerprint density at radius 1 is 0.882 bits per heavy atom. The standard InChI is InChI=1S/C26H29N3O4S/c1-19(2)25(28-24(30)17-20-11-6-4-7-12-20)26(31)27-21-13-10-16-23(18-21)34(32,33)29(3)22-14-8-5-9-15-22/h4-16,18-19,25H,17H2,1-3H3,(H,27,31)(H,28,30)/t25-/m1/s1. The van der Waals surface area contributed by atoms with Crippen molar-refractivity contribution in [1.29, 1.82) is 0 Å².